The molecular weight excluding hydrogens is 1270 g/mol. The molecule has 0 rings (SSSR count). The lowest BCUT2D eigenvalue weighted by Gasteiger charge is -2.21. The van der Waals surface area contributed by atoms with Crippen LogP contribution >= 0.6 is 15.6 Å². The zero-order valence-corrected chi connectivity index (χ0v) is 62.2. The summed E-state index contributed by atoms with van der Waals surface area (Å²) in [7, 11) is -9.80. The monoisotopic (exact) mass is 1400 g/mol. The van der Waals surface area contributed by atoms with Gasteiger partial charge in [0.15, 0.2) is 6.10 Å². The van der Waals surface area contributed by atoms with Crippen molar-refractivity contribution in [2.45, 2.75) is 309 Å². The lowest BCUT2D eigenvalue weighted by atomic mass is 10.0. The van der Waals surface area contributed by atoms with Gasteiger partial charge in [-0.1, -0.05) is 270 Å². The summed E-state index contributed by atoms with van der Waals surface area (Å²) in [5.41, 5.74) is 0. The number of phosphoric ester groups is 2. The van der Waals surface area contributed by atoms with E-state index in [0.29, 0.717) is 19.3 Å². The standard InChI is InChI=1S/C79H134O16P2/c1-4-7-10-13-16-19-22-25-27-29-31-33-34-35-36-37-38-40-42-43-45-48-50-53-56-59-62-65-77(82)89-68-74(80)69-91-96(85,86)92-70-75(81)71-93-97(87,88)94-73-76(95-79(84)67-64-61-58-55-52-47-24-21-18-15-12-9-6-3)72-90-78(83)66-63-60-57-54-51-49-46-44-41-39-32-30-28-26-23-20-17-14-11-8-5-2/h8,11-12,15-17,19-21,24-28,31-33,35-36,39,44,46,74-76,80-81H,4-7,9-10,13-14,18,22-23,29-30,34,37-38,40-43,45,47-73H2,1-3H3,(H,85,86)(H,87,88)/b11-8-,15-12-,19-16-,20-17-,24-21-,27-25-,28-26-,33-31-,36-35-,39-32-,46-44-. The van der Waals surface area contributed by atoms with E-state index in [-0.39, 0.29) is 19.3 Å². The maximum atomic E-state index is 12.9. The van der Waals surface area contributed by atoms with Crippen LogP contribution in [0.15, 0.2) is 134 Å². The highest BCUT2D eigenvalue weighted by Gasteiger charge is 2.29. The molecular formula is C79H134O16P2. The lowest BCUT2D eigenvalue weighted by Crippen LogP contribution is -2.30. The van der Waals surface area contributed by atoms with Gasteiger partial charge in [0.1, 0.15) is 25.4 Å². The molecule has 0 bridgehead atoms. The number of phosphoric acid groups is 2. The highest BCUT2D eigenvalue weighted by Crippen LogP contribution is 2.45. The minimum Gasteiger partial charge on any atom is -0.463 e. The van der Waals surface area contributed by atoms with Gasteiger partial charge < -0.3 is 34.2 Å². The van der Waals surface area contributed by atoms with Crippen molar-refractivity contribution < 1.29 is 75.8 Å². The summed E-state index contributed by atoms with van der Waals surface area (Å²) in [6.07, 6.45) is 85.0. The number of carbonyl (C=O) groups excluding carboxylic acids is 3. The molecule has 0 aromatic rings. The Balaban J connectivity index is 4.56. The molecule has 556 valence electrons. The van der Waals surface area contributed by atoms with Gasteiger partial charge in [0.2, 0.25) is 0 Å². The van der Waals surface area contributed by atoms with E-state index in [0.717, 1.165) is 161 Å². The first-order chi connectivity index (χ1) is 47.2. The fraction of sp³-hybridized carbons (Fsp3) is 0.684. The van der Waals surface area contributed by atoms with Crippen molar-refractivity contribution in [3.05, 3.63) is 134 Å². The zero-order valence-electron chi connectivity index (χ0n) is 60.5. The van der Waals surface area contributed by atoms with Gasteiger partial charge in [-0.15, -0.1) is 0 Å². The molecule has 0 saturated heterocycles. The van der Waals surface area contributed by atoms with Gasteiger partial charge in [-0.2, -0.15) is 0 Å². The van der Waals surface area contributed by atoms with Gasteiger partial charge in [0.25, 0.3) is 0 Å². The van der Waals surface area contributed by atoms with E-state index < -0.39 is 91.5 Å². The van der Waals surface area contributed by atoms with Crippen LogP contribution < -0.4 is 0 Å². The van der Waals surface area contributed by atoms with E-state index in [1.165, 1.54) is 70.6 Å². The minimum absolute atomic E-state index is 0.0801. The maximum Gasteiger partial charge on any atom is 0.472 e. The predicted octanol–water partition coefficient (Wildman–Crippen LogP) is 21.5. The minimum atomic E-state index is -4.94. The number of aliphatic hydroxyl groups excluding tert-OH is 2. The van der Waals surface area contributed by atoms with E-state index in [1.807, 2.05) is 0 Å². The molecule has 0 fully saturated rings. The predicted molar refractivity (Wildman–Crippen MR) is 399 cm³/mol. The molecule has 0 amide bonds. The molecule has 5 atom stereocenters. The third kappa shape index (κ3) is 72.8. The lowest BCUT2D eigenvalue weighted by molar-refractivity contribution is -0.161. The first-order valence-corrected chi connectivity index (χ1v) is 40.5. The number of allylic oxidation sites excluding steroid dienone is 22. The van der Waals surface area contributed by atoms with E-state index in [1.54, 1.807) is 0 Å². The Morgan fingerprint density at radius 1 is 0.299 bits per heavy atom. The third-order valence-electron chi connectivity index (χ3n) is 15.3. The molecule has 5 unspecified atom stereocenters. The summed E-state index contributed by atoms with van der Waals surface area (Å²) >= 11 is 0. The van der Waals surface area contributed by atoms with Crippen LogP contribution in [0.3, 0.4) is 0 Å². The van der Waals surface area contributed by atoms with Crippen molar-refractivity contribution in [1.82, 2.24) is 0 Å². The summed E-state index contributed by atoms with van der Waals surface area (Å²) in [6, 6.07) is 0. The molecule has 0 saturated carbocycles. The third-order valence-corrected chi connectivity index (χ3v) is 17.2. The molecule has 0 aromatic carbocycles. The normalized spacial score (nSPS) is 14.8. The van der Waals surface area contributed by atoms with E-state index in [4.69, 9.17) is 32.3 Å². The van der Waals surface area contributed by atoms with Crippen molar-refractivity contribution in [3.8, 4) is 0 Å². The second-order valence-electron chi connectivity index (χ2n) is 24.7. The SMILES string of the molecule is CC/C=C\C/C=C\C/C=C\C/C=C\C/C=C\CCCCCCCC(=O)OCC(COP(=O)(O)OCC(O)COP(=O)(O)OCC(O)COC(=O)CCCCCCCCCCCCC/C=C\C/C=C\C/C=C\C/C=C\CCCCC)OC(=O)CCCCCCC/C=C\C/C=C\CCC. The molecule has 0 aromatic heterocycles. The van der Waals surface area contributed by atoms with Gasteiger partial charge in [0, 0.05) is 19.3 Å². The van der Waals surface area contributed by atoms with Gasteiger partial charge in [-0.25, -0.2) is 9.13 Å². The molecule has 18 heteroatoms. The van der Waals surface area contributed by atoms with Crippen LogP contribution in [0, 0.1) is 0 Å². The van der Waals surface area contributed by atoms with Crippen molar-refractivity contribution in [2.24, 2.45) is 0 Å². The highest BCUT2D eigenvalue weighted by molar-refractivity contribution is 7.47. The number of unbranched alkanes of at least 4 members (excludes halogenated alkanes) is 25. The quantitative estimate of drug-likeness (QED) is 0.0146. The number of rotatable bonds is 70. The topological polar surface area (TPSA) is 231 Å². The second-order valence-corrected chi connectivity index (χ2v) is 27.6. The van der Waals surface area contributed by atoms with Gasteiger partial charge in [-0.05, 0) is 135 Å². The number of esters is 3. The summed E-state index contributed by atoms with van der Waals surface area (Å²) in [5.74, 6) is -1.62. The van der Waals surface area contributed by atoms with Gasteiger partial charge in [-0.3, -0.25) is 32.5 Å². The molecule has 0 aliphatic rings. The van der Waals surface area contributed by atoms with Crippen LogP contribution in [-0.2, 0) is 55.8 Å². The molecule has 4 N–H and O–H groups in total. The van der Waals surface area contributed by atoms with E-state index in [9.17, 15) is 43.5 Å². The molecule has 97 heavy (non-hydrogen) atoms. The number of hydrogen-bond acceptors (Lipinski definition) is 14. The molecule has 16 nitrogen and oxygen atoms in total. The maximum absolute atomic E-state index is 12.9. The van der Waals surface area contributed by atoms with E-state index >= 15 is 0 Å². The van der Waals surface area contributed by atoms with Crippen molar-refractivity contribution in [1.29, 1.82) is 0 Å². The number of carbonyl (C=O) groups is 3. The average molecular weight is 1400 g/mol. The number of hydrogen-bond donors (Lipinski definition) is 4. The Labute approximate surface area is 588 Å². The Morgan fingerprint density at radius 3 is 0.907 bits per heavy atom. The summed E-state index contributed by atoms with van der Waals surface area (Å²) in [5, 5.41) is 20.6. The second kappa shape index (κ2) is 71.5. The van der Waals surface area contributed by atoms with Crippen LogP contribution in [0.25, 0.3) is 0 Å². The van der Waals surface area contributed by atoms with Crippen LogP contribution in [0.4, 0.5) is 0 Å². The Morgan fingerprint density at radius 2 is 0.567 bits per heavy atom. The number of aliphatic hydroxyl groups is 2. The van der Waals surface area contributed by atoms with Crippen molar-refractivity contribution in [3.63, 3.8) is 0 Å². The fourth-order valence-corrected chi connectivity index (χ4v) is 11.2. The summed E-state index contributed by atoms with van der Waals surface area (Å²) in [4.78, 5) is 58.5. The molecule has 0 spiro atoms. The van der Waals surface area contributed by atoms with Crippen LogP contribution in [-0.4, -0.2) is 95.9 Å². The Kier molecular flexibility index (Phi) is 68.3. The van der Waals surface area contributed by atoms with Crippen molar-refractivity contribution >= 4 is 33.6 Å². The fourth-order valence-electron chi connectivity index (χ4n) is 9.62. The zero-order chi connectivity index (χ0) is 70.9. The van der Waals surface area contributed by atoms with Gasteiger partial charge >= 0.3 is 33.6 Å². The van der Waals surface area contributed by atoms with Crippen molar-refractivity contribution in [2.75, 3.05) is 39.6 Å². The molecule has 0 radical (unpaired) electrons. The Hall–Kier alpha value is -4.31. The molecule has 0 heterocycles. The highest BCUT2D eigenvalue weighted by atomic mass is 31.2. The van der Waals surface area contributed by atoms with E-state index in [2.05, 4.69) is 154 Å². The number of ether oxygens (including phenoxy) is 3. The Bertz CT molecular complexity index is 2300. The van der Waals surface area contributed by atoms with Crippen LogP contribution in [0.2, 0.25) is 0 Å². The van der Waals surface area contributed by atoms with Gasteiger partial charge in [0.05, 0.1) is 26.4 Å². The van der Waals surface area contributed by atoms with Crippen LogP contribution in [0.5, 0.6) is 0 Å². The molecule has 0 aliphatic heterocycles. The smallest absolute Gasteiger partial charge is 0.463 e. The largest absolute Gasteiger partial charge is 0.472 e. The first-order valence-electron chi connectivity index (χ1n) is 37.5. The average Bonchev–Trinajstić information content (AvgIpc) is 2.14. The molecule has 0 aliphatic carbocycles. The summed E-state index contributed by atoms with van der Waals surface area (Å²) in [6.45, 7) is 2.42. The van der Waals surface area contributed by atoms with Crippen LogP contribution in [0.1, 0.15) is 290 Å². The first kappa shape index (κ1) is 92.7. The summed E-state index contributed by atoms with van der Waals surface area (Å²) < 4.78 is 61.0.